The highest BCUT2D eigenvalue weighted by Gasteiger charge is 2.37. The summed E-state index contributed by atoms with van der Waals surface area (Å²) in [6.45, 7) is 1.06. The molecule has 0 spiro atoms. The lowest BCUT2D eigenvalue weighted by Crippen LogP contribution is -2.33. The molecule has 3 rings (SSSR count). The number of methoxy groups -OCH3 is 2. The van der Waals surface area contributed by atoms with Crippen molar-refractivity contribution in [3.63, 3.8) is 0 Å². The molecule has 150 valence electrons. The van der Waals surface area contributed by atoms with Crippen LogP contribution < -0.4 is 14.4 Å². The Morgan fingerprint density at radius 1 is 1.07 bits per heavy atom. The SMILES string of the molecule is COc1ccc(CCN2C(=O)CN(C)C2c2ccc(N(C)C)cc2OC)cc1. The Morgan fingerprint density at radius 2 is 1.79 bits per heavy atom. The molecule has 1 aliphatic rings. The molecule has 28 heavy (non-hydrogen) atoms. The van der Waals surface area contributed by atoms with Crippen LogP contribution in [0.15, 0.2) is 42.5 Å². The van der Waals surface area contributed by atoms with Crippen LogP contribution in [0.3, 0.4) is 0 Å². The van der Waals surface area contributed by atoms with Crippen LogP contribution in [0.5, 0.6) is 11.5 Å². The highest BCUT2D eigenvalue weighted by Crippen LogP contribution is 2.37. The largest absolute Gasteiger partial charge is 0.497 e. The van der Waals surface area contributed by atoms with E-state index in [0.29, 0.717) is 13.1 Å². The van der Waals surface area contributed by atoms with Crippen molar-refractivity contribution in [2.45, 2.75) is 12.6 Å². The first-order valence-corrected chi connectivity index (χ1v) is 9.42. The third-order valence-corrected chi connectivity index (χ3v) is 5.23. The molecule has 0 aromatic heterocycles. The van der Waals surface area contributed by atoms with Gasteiger partial charge in [-0.3, -0.25) is 9.69 Å². The van der Waals surface area contributed by atoms with E-state index in [0.717, 1.165) is 29.2 Å². The Labute approximate surface area is 167 Å². The second-order valence-corrected chi connectivity index (χ2v) is 7.29. The highest BCUT2D eigenvalue weighted by atomic mass is 16.5. The molecule has 1 heterocycles. The van der Waals surface area contributed by atoms with Crippen LogP contribution in [0.25, 0.3) is 0 Å². The molecular formula is C22H29N3O3. The maximum absolute atomic E-state index is 12.7. The number of amides is 1. The highest BCUT2D eigenvalue weighted by molar-refractivity contribution is 5.81. The van der Waals surface area contributed by atoms with Gasteiger partial charge >= 0.3 is 0 Å². The minimum atomic E-state index is -0.128. The molecule has 2 aromatic rings. The van der Waals surface area contributed by atoms with E-state index in [4.69, 9.17) is 9.47 Å². The fourth-order valence-electron chi connectivity index (χ4n) is 3.65. The number of ether oxygens (including phenoxy) is 2. The molecule has 0 aliphatic carbocycles. The zero-order chi connectivity index (χ0) is 20.3. The average Bonchev–Trinajstić information content (AvgIpc) is 2.98. The van der Waals surface area contributed by atoms with Gasteiger partial charge in [0.15, 0.2) is 0 Å². The first kappa shape index (κ1) is 20.0. The third kappa shape index (κ3) is 4.07. The van der Waals surface area contributed by atoms with Gasteiger partial charge in [0.05, 0.1) is 20.8 Å². The number of hydrogen-bond donors (Lipinski definition) is 0. The quantitative estimate of drug-likeness (QED) is 0.736. The number of carbonyl (C=O) groups is 1. The molecular weight excluding hydrogens is 354 g/mol. The normalized spacial score (nSPS) is 17.1. The summed E-state index contributed by atoms with van der Waals surface area (Å²) in [7, 11) is 9.32. The van der Waals surface area contributed by atoms with Crippen molar-refractivity contribution in [3.05, 3.63) is 53.6 Å². The van der Waals surface area contributed by atoms with Gasteiger partial charge < -0.3 is 19.3 Å². The number of anilines is 1. The van der Waals surface area contributed by atoms with Crippen molar-refractivity contribution in [2.75, 3.05) is 53.4 Å². The molecule has 1 fully saturated rings. The first-order chi connectivity index (χ1) is 13.4. The standard InChI is InChI=1S/C22H29N3O3/c1-23(2)17-8-11-19(20(14-17)28-5)22-24(3)15-21(26)25(22)13-12-16-6-9-18(27-4)10-7-16/h6-11,14,22H,12-13,15H2,1-5H3. The van der Waals surface area contributed by atoms with Crippen molar-refractivity contribution in [3.8, 4) is 11.5 Å². The van der Waals surface area contributed by atoms with Crippen molar-refractivity contribution < 1.29 is 14.3 Å². The molecule has 0 radical (unpaired) electrons. The Balaban J connectivity index is 1.83. The molecule has 1 unspecified atom stereocenters. The Kier molecular flexibility index (Phi) is 6.09. The molecule has 1 amide bonds. The summed E-state index contributed by atoms with van der Waals surface area (Å²) in [5, 5.41) is 0. The molecule has 6 heteroatoms. The van der Waals surface area contributed by atoms with E-state index in [9.17, 15) is 4.79 Å². The second-order valence-electron chi connectivity index (χ2n) is 7.29. The Hall–Kier alpha value is -2.73. The Morgan fingerprint density at radius 3 is 2.39 bits per heavy atom. The van der Waals surface area contributed by atoms with Crippen LogP contribution in [0.1, 0.15) is 17.3 Å². The third-order valence-electron chi connectivity index (χ3n) is 5.23. The van der Waals surface area contributed by atoms with Crippen LogP contribution >= 0.6 is 0 Å². The van der Waals surface area contributed by atoms with Gasteiger partial charge in [0.1, 0.15) is 17.7 Å². The van der Waals surface area contributed by atoms with Crippen LogP contribution in [0.4, 0.5) is 5.69 Å². The zero-order valence-corrected chi connectivity index (χ0v) is 17.3. The minimum absolute atomic E-state index is 0.128. The monoisotopic (exact) mass is 383 g/mol. The number of carbonyl (C=O) groups excluding carboxylic acids is 1. The Bertz CT molecular complexity index is 820. The molecule has 0 N–H and O–H groups in total. The van der Waals surface area contributed by atoms with E-state index in [1.807, 2.05) is 61.3 Å². The molecule has 6 nitrogen and oxygen atoms in total. The maximum Gasteiger partial charge on any atom is 0.238 e. The zero-order valence-electron chi connectivity index (χ0n) is 17.3. The second kappa shape index (κ2) is 8.52. The number of likely N-dealkylation sites (N-methyl/N-ethyl adjacent to an activating group) is 1. The summed E-state index contributed by atoms with van der Waals surface area (Å²) in [5.41, 5.74) is 3.25. The maximum atomic E-state index is 12.7. The van der Waals surface area contributed by atoms with Crippen LogP contribution in [-0.2, 0) is 11.2 Å². The lowest BCUT2D eigenvalue weighted by atomic mass is 10.1. The average molecular weight is 383 g/mol. The van der Waals surface area contributed by atoms with Gasteiger partial charge in [0.25, 0.3) is 0 Å². The van der Waals surface area contributed by atoms with Crippen molar-refractivity contribution in [1.82, 2.24) is 9.80 Å². The fourth-order valence-corrected chi connectivity index (χ4v) is 3.65. The topological polar surface area (TPSA) is 45.2 Å². The van der Waals surface area contributed by atoms with Crippen LogP contribution in [0.2, 0.25) is 0 Å². The van der Waals surface area contributed by atoms with Crippen molar-refractivity contribution in [1.29, 1.82) is 0 Å². The molecule has 1 aliphatic heterocycles. The predicted octanol–water partition coefficient (Wildman–Crippen LogP) is 2.79. The predicted molar refractivity (Wildman–Crippen MR) is 111 cm³/mol. The van der Waals surface area contributed by atoms with E-state index in [1.54, 1.807) is 14.2 Å². The number of rotatable bonds is 7. The van der Waals surface area contributed by atoms with Gasteiger partial charge in [0, 0.05) is 38.0 Å². The van der Waals surface area contributed by atoms with E-state index in [2.05, 4.69) is 17.0 Å². The van der Waals surface area contributed by atoms with Crippen molar-refractivity contribution in [2.24, 2.45) is 0 Å². The summed E-state index contributed by atoms with van der Waals surface area (Å²) in [5.74, 6) is 1.77. The minimum Gasteiger partial charge on any atom is -0.497 e. The number of nitrogens with zero attached hydrogens (tertiary/aromatic N) is 3. The van der Waals surface area contributed by atoms with E-state index < -0.39 is 0 Å². The first-order valence-electron chi connectivity index (χ1n) is 9.42. The summed E-state index contributed by atoms with van der Waals surface area (Å²) in [6.07, 6.45) is 0.662. The van der Waals surface area contributed by atoms with E-state index in [1.165, 1.54) is 5.56 Å². The van der Waals surface area contributed by atoms with Gasteiger partial charge in [-0.25, -0.2) is 0 Å². The number of hydrogen-bond acceptors (Lipinski definition) is 5. The van der Waals surface area contributed by atoms with Gasteiger partial charge in [0.2, 0.25) is 5.91 Å². The van der Waals surface area contributed by atoms with Crippen LogP contribution in [-0.4, -0.2) is 64.2 Å². The van der Waals surface area contributed by atoms with Gasteiger partial charge in [-0.15, -0.1) is 0 Å². The molecule has 2 aromatic carbocycles. The lowest BCUT2D eigenvalue weighted by molar-refractivity contribution is -0.128. The van der Waals surface area contributed by atoms with Gasteiger partial charge in [-0.2, -0.15) is 0 Å². The summed E-state index contributed by atoms with van der Waals surface area (Å²) < 4.78 is 10.9. The molecule has 1 saturated heterocycles. The van der Waals surface area contributed by atoms with Crippen molar-refractivity contribution >= 4 is 11.6 Å². The summed E-state index contributed by atoms with van der Waals surface area (Å²) >= 11 is 0. The van der Waals surface area contributed by atoms with E-state index >= 15 is 0 Å². The molecule has 0 bridgehead atoms. The van der Waals surface area contributed by atoms with E-state index in [-0.39, 0.29) is 12.1 Å². The molecule has 0 saturated carbocycles. The van der Waals surface area contributed by atoms with Crippen LogP contribution in [0, 0.1) is 0 Å². The smallest absolute Gasteiger partial charge is 0.238 e. The van der Waals surface area contributed by atoms with Gasteiger partial charge in [-0.05, 0) is 43.3 Å². The summed E-state index contributed by atoms with van der Waals surface area (Å²) in [4.78, 5) is 18.7. The van der Waals surface area contributed by atoms with Gasteiger partial charge in [-0.1, -0.05) is 12.1 Å². The lowest BCUT2D eigenvalue weighted by Gasteiger charge is -2.30. The summed E-state index contributed by atoms with van der Waals surface area (Å²) in [6, 6.07) is 14.1. The fraction of sp³-hybridized carbons (Fsp3) is 0.409. The number of benzene rings is 2. The molecule has 1 atom stereocenters.